The van der Waals surface area contributed by atoms with E-state index < -0.39 is 15.1 Å². The number of nitrogens with zero attached hydrogens (tertiary/aromatic N) is 5. The van der Waals surface area contributed by atoms with Crippen molar-refractivity contribution in [3.63, 3.8) is 0 Å². The summed E-state index contributed by atoms with van der Waals surface area (Å²) in [5.74, 6) is 0.473. The van der Waals surface area contributed by atoms with Crippen molar-refractivity contribution in [1.29, 1.82) is 0 Å². The van der Waals surface area contributed by atoms with Gasteiger partial charge in [0.1, 0.15) is 11.0 Å². The van der Waals surface area contributed by atoms with E-state index in [2.05, 4.69) is 39.1 Å². The van der Waals surface area contributed by atoms with Gasteiger partial charge in [0.25, 0.3) is 0 Å². The highest BCUT2D eigenvalue weighted by atomic mass is 32.2. The van der Waals surface area contributed by atoms with E-state index in [1.807, 2.05) is 24.8 Å². The van der Waals surface area contributed by atoms with Gasteiger partial charge in [-0.15, -0.1) is 0 Å². The van der Waals surface area contributed by atoms with Gasteiger partial charge in [-0.3, -0.25) is 4.90 Å². The SMILES string of the molecule is CC(C)S(=O)(=O)c1cnc(N2C[C@@H](C)N(C(=O)OC3CC4(C3)CN(Cc3ccccc3)C4)C[C@@H]2C)nc1. The van der Waals surface area contributed by atoms with E-state index in [4.69, 9.17) is 4.74 Å². The monoisotopic (exact) mass is 527 g/mol. The smallest absolute Gasteiger partial charge is 0.410 e. The van der Waals surface area contributed by atoms with Gasteiger partial charge in [-0.1, -0.05) is 30.3 Å². The third-order valence-electron chi connectivity index (χ3n) is 8.00. The number of amides is 1. The van der Waals surface area contributed by atoms with E-state index in [-0.39, 0.29) is 29.2 Å². The molecule has 2 saturated heterocycles. The van der Waals surface area contributed by atoms with Crippen LogP contribution in [0, 0.1) is 5.41 Å². The number of anilines is 1. The van der Waals surface area contributed by atoms with Gasteiger partial charge in [0.2, 0.25) is 5.95 Å². The Morgan fingerprint density at radius 2 is 1.70 bits per heavy atom. The molecule has 0 N–H and O–H groups in total. The Hall–Kier alpha value is -2.72. The average molecular weight is 528 g/mol. The third kappa shape index (κ3) is 5.18. The fourth-order valence-corrected chi connectivity index (χ4v) is 6.79. The lowest BCUT2D eigenvalue weighted by Crippen LogP contribution is -2.64. The van der Waals surface area contributed by atoms with Crippen LogP contribution >= 0.6 is 0 Å². The molecular weight excluding hydrogens is 490 g/mol. The van der Waals surface area contributed by atoms with Crippen molar-refractivity contribution in [3.8, 4) is 0 Å². The molecule has 1 aromatic carbocycles. The highest BCUT2D eigenvalue weighted by Gasteiger charge is 2.54. The van der Waals surface area contributed by atoms with Gasteiger partial charge in [0.15, 0.2) is 9.84 Å². The van der Waals surface area contributed by atoms with Crippen LogP contribution in [0.4, 0.5) is 10.7 Å². The second-order valence-corrected chi connectivity index (χ2v) is 13.9. The van der Waals surface area contributed by atoms with Gasteiger partial charge in [-0.25, -0.2) is 23.2 Å². The normalized spacial score (nSPS) is 24.1. The standard InChI is InChI=1S/C27H37N5O4S/c1-19(2)37(34,35)24-12-28-25(29-13-24)31-14-21(4)32(15-20(31)3)26(33)36-23-10-27(11-23)17-30(18-27)16-22-8-6-5-7-9-22/h5-9,12-13,19-21,23H,10-11,14-18H2,1-4H3/t20-,21+/m0/s1. The van der Waals surface area contributed by atoms with E-state index in [1.54, 1.807) is 18.7 Å². The molecule has 3 fully saturated rings. The molecule has 37 heavy (non-hydrogen) atoms. The molecule has 1 saturated carbocycles. The molecule has 2 aliphatic heterocycles. The number of carbonyl (C=O) groups excluding carboxylic acids is 1. The van der Waals surface area contributed by atoms with E-state index >= 15 is 0 Å². The van der Waals surface area contributed by atoms with Crippen molar-refractivity contribution in [1.82, 2.24) is 19.8 Å². The first-order valence-electron chi connectivity index (χ1n) is 13.1. The van der Waals surface area contributed by atoms with E-state index in [0.29, 0.717) is 24.5 Å². The molecule has 1 aliphatic carbocycles. The van der Waals surface area contributed by atoms with Crippen LogP contribution in [0.15, 0.2) is 47.6 Å². The molecule has 1 amide bonds. The minimum absolute atomic E-state index is 0.00862. The Morgan fingerprint density at radius 1 is 1.05 bits per heavy atom. The fourth-order valence-electron chi connectivity index (χ4n) is 5.85. The summed E-state index contributed by atoms with van der Waals surface area (Å²) in [5.41, 5.74) is 1.65. The largest absolute Gasteiger partial charge is 0.446 e. The summed E-state index contributed by atoms with van der Waals surface area (Å²) in [5, 5.41) is -0.529. The Kier molecular flexibility index (Phi) is 6.91. The summed E-state index contributed by atoms with van der Waals surface area (Å²) in [6.07, 6.45) is 4.37. The predicted octanol–water partition coefficient (Wildman–Crippen LogP) is 3.36. The summed E-state index contributed by atoms with van der Waals surface area (Å²) >= 11 is 0. The Bertz CT molecular complexity index is 1210. The molecule has 10 heteroatoms. The van der Waals surface area contributed by atoms with E-state index in [9.17, 15) is 13.2 Å². The van der Waals surface area contributed by atoms with E-state index in [0.717, 1.165) is 32.5 Å². The van der Waals surface area contributed by atoms with Crippen LogP contribution in [0.25, 0.3) is 0 Å². The zero-order chi connectivity index (χ0) is 26.4. The fraction of sp³-hybridized carbons (Fsp3) is 0.593. The first kappa shape index (κ1) is 25.9. The first-order chi connectivity index (χ1) is 17.6. The maximum Gasteiger partial charge on any atom is 0.410 e. The number of carbonyl (C=O) groups is 1. The van der Waals surface area contributed by atoms with Crippen molar-refractivity contribution < 1.29 is 17.9 Å². The van der Waals surface area contributed by atoms with Crippen LogP contribution in [0.2, 0.25) is 0 Å². The van der Waals surface area contributed by atoms with Crippen LogP contribution < -0.4 is 4.90 Å². The Morgan fingerprint density at radius 3 is 2.32 bits per heavy atom. The zero-order valence-electron chi connectivity index (χ0n) is 22.1. The minimum atomic E-state index is -3.42. The van der Waals surface area contributed by atoms with Crippen LogP contribution in [0.3, 0.4) is 0 Å². The molecule has 1 spiro atoms. The molecule has 0 radical (unpaired) electrons. The molecule has 3 aliphatic rings. The molecule has 1 aromatic heterocycles. The van der Waals surface area contributed by atoms with E-state index in [1.165, 1.54) is 18.0 Å². The van der Waals surface area contributed by atoms with Crippen LogP contribution in [-0.2, 0) is 21.1 Å². The van der Waals surface area contributed by atoms with Crippen molar-refractivity contribution in [3.05, 3.63) is 48.3 Å². The number of likely N-dealkylation sites (tertiary alicyclic amines) is 1. The van der Waals surface area contributed by atoms with Crippen LogP contribution in [0.1, 0.15) is 46.1 Å². The highest BCUT2D eigenvalue weighted by molar-refractivity contribution is 7.92. The second-order valence-electron chi connectivity index (χ2n) is 11.4. The summed E-state index contributed by atoms with van der Waals surface area (Å²) in [6.45, 7) is 11.5. The quantitative estimate of drug-likeness (QED) is 0.564. The van der Waals surface area contributed by atoms with Gasteiger partial charge in [-0.05, 0) is 46.1 Å². The van der Waals surface area contributed by atoms with Crippen molar-refractivity contribution >= 4 is 21.9 Å². The van der Waals surface area contributed by atoms with Gasteiger partial charge >= 0.3 is 6.09 Å². The number of piperazine rings is 1. The Labute approximate surface area is 219 Å². The molecule has 0 bridgehead atoms. The molecule has 2 aromatic rings. The molecule has 3 heterocycles. The van der Waals surface area contributed by atoms with Gasteiger partial charge in [-0.2, -0.15) is 0 Å². The topological polar surface area (TPSA) is 95.9 Å². The molecule has 2 atom stereocenters. The molecule has 0 unspecified atom stereocenters. The zero-order valence-corrected chi connectivity index (χ0v) is 22.9. The lowest BCUT2D eigenvalue weighted by molar-refractivity contribution is -0.137. The number of aromatic nitrogens is 2. The molecule has 200 valence electrons. The maximum atomic E-state index is 13.0. The average Bonchev–Trinajstić information content (AvgIpc) is 2.83. The van der Waals surface area contributed by atoms with Gasteiger partial charge in [0.05, 0.1) is 17.6 Å². The van der Waals surface area contributed by atoms with Gasteiger partial charge in [0, 0.05) is 50.2 Å². The number of hydrogen-bond acceptors (Lipinski definition) is 8. The summed E-state index contributed by atoms with van der Waals surface area (Å²) in [6, 6.07) is 10.4. The maximum absolute atomic E-state index is 13.0. The third-order valence-corrected chi connectivity index (χ3v) is 10.1. The second kappa shape index (κ2) is 9.87. The Balaban J connectivity index is 1.10. The molecule has 9 nitrogen and oxygen atoms in total. The summed E-state index contributed by atoms with van der Waals surface area (Å²) in [7, 11) is -3.42. The molecular formula is C27H37N5O4S. The van der Waals surface area contributed by atoms with Crippen LogP contribution in [-0.4, -0.2) is 83.9 Å². The minimum Gasteiger partial charge on any atom is -0.446 e. The predicted molar refractivity (Wildman–Crippen MR) is 141 cm³/mol. The van der Waals surface area contributed by atoms with Crippen LogP contribution in [0.5, 0.6) is 0 Å². The molecule has 5 rings (SSSR count). The summed E-state index contributed by atoms with van der Waals surface area (Å²) < 4.78 is 30.6. The lowest BCUT2D eigenvalue weighted by atomic mass is 9.61. The number of benzene rings is 1. The number of rotatable bonds is 6. The first-order valence-corrected chi connectivity index (χ1v) is 14.7. The number of ether oxygens (including phenoxy) is 1. The van der Waals surface area contributed by atoms with Crippen molar-refractivity contribution in [2.24, 2.45) is 5.41 Å². The van der Waals surface area contributed by atoms with Crippen molar-refractivity contribution in [2.45, 2.75) is 75.4 Å². The summed E-state index contributed by atoms with van der Waals surface area (Å²) in [4.78, 5) is 28.1. The number of hydrogen-bond donors (Lipinski definition) is 0. The van der Waals surface area contributed by atoms with Gasteiger partial charge < -0.3 is 14.5 Å². The lowest BCUT2D eigenvalue weighted by Gasteiger charge is -2.58. The van der Waals surface area contributed by atoms with Crippen molar-refractivity contribution in [2.75, 3.05) is 31.1 Å². The highest BCUT2D eigenvalue weighted by Crippen LogP contribution is 2.50. The number of sulfone groups is 1.